The smallest absolute Gasteiger partial charge is 0.266 e. The van der Waals surface area contributed by atoms with E-state index in [1.165, 1.54) is 6.33 Å². The second kappa shape index (κ2) is 5.83. The van der Waals surface area contributed by atoms with E-state index in [1.807, 2.05) is 22.6 Å². The molecule has 0 radical (unpaired) electrons. The number of nitrogens with zero attached hydrogens (tertiary/aromatic N) is 2. The minimum absolute atomic E-state index is 0.0355. The lowest BCUT2D eigenvalue weighted by molar-refractivity contribution is -0.120. The zero-order chi connectivity index (χ0) is 12.1. The normalized spacial score (nSPS) is 9.94. The molecule has 1 amide bonds. The van der Waals surface area contributed by atoms with E-state index >= 15 is 0 Å². The van der Waals surface area contributed by atoms with Crippen LogP contribution in [-0.2, 0) is 4.79 Å². The molecule has 0 aromatic carbocycles. The monoisotopic (exact) mass is 336 g/mol. The zero-order valence-electron chi connectivity index (χ0n) is 9.08. The highest BCUT2D eigenvalue weighted by atomic mass is 127. The molecule has 1 aromatic rings. The van der Waals surface area contributed by atoms with Crippen molar-refractivity contribution in [3.05, 3.63) is 20.3 Å². The highest BCUT2D eigenvalue weighted by molar-refractivity contribution is 14.1. The van der Waals surface area contributed by atoms with Crippen LogP contribution in [-0.4, -0.2) is 36.5 Å². The Bertz CT molecular complexity index is 432. The average molecular weight is 336 g/mol. The van der Waals surface area contributed by atoms with Gasteiger partial charge < -0.3 is 15.2 Å². The first-order chi connectivity index (χ1) is 7.56. The van der Waals surface area contributed by atoms with E-state index in [0.29, 0.717) is 22.4 Å². The van der Waals surface area contributed by atoms with Crippen LogP contribution >= 0.6 is 22.6 Å². The van der Waals surface area contributed by atoms with Gasteiger partial charge in [-0.3, -0.25) is 9.59 Å². The third-order valence-corrected chi connectivity index (χ3v) is 3.07. The standard InChI is InChI=1S/C9H13IN4O2/c1-11-6(15)3-4-14(2)8-7(10)9(16)13-5-12-8/h5H,3-4H2,1-2H3,(H,11,15)(H,12,13,16). The number of aromatic nitrogens is 2. The van der Waals surface area contributed by atoms with E-state index in [9.17, 15) is 9.59 Å². The first-order valence-electron chi connectivity index (χ1n) is 4.71. The number of hydrogen-bond donors (Lipinski definition) is 2. The van der Waals surface area contributed by atoms with Crippen LogP contribution in [0, 0.1) is 3.57 Å². The van der Waals surface area contributed by atoms with Crippen molar-refractivity contribution >= 4 is 34.3 Å². The van der Waals surface area contributed by atoms with Crippen LogP contribution in [0.3, 0.4) is 0 Å². The highest BCUT2D eigenvalue weighted by Gasteiger charge is 2.10. The van der Waals surface area contributed by atoms with Crippen molar-refractivity contribution in [3.63, 3.8) is 0 Å². The summed E-state index contributed by atoms with van der Waals surface area (Å²) >= 11 is 1.94. The van der Waals surface area contributed by atoms with Gasteiger partial charge in [0.05, 0.1) is 6.33 Å². The van der Waals surface area contributed by atoms with Gasteiger partial charge in [-0.05, 0) is 22.6 Å². The number of nitrogens with one attached hydrogen (secondary N) is 2. The number of amides is 1. The maximum atomic E-state index is 11.3. The van der Waals surface area contributed by atoms with E-state index in [0.717, 1.165) is 0 Å². The number of aromatic amines is 1. The molecule has 1 aromatic heterocycles. The molecule has 0 aliphatic rings. The molecule has 0 aliphatic carbocycles. The molecule has 88 valence electrons. The van der Waals surface area contributed by atoms with Crippen LogP contribution in [0.5, 0.6) is 0 Å². The highest BCUT2D eigenvalue weighted by Crippen LogP contribution is 2.13. The van der Waals surface area contributed by atoms with Gasteiger partial charge in [0, 0.05) is 27.1 Å². The van der Waals surface area contributed by atoms with Crippen molar-refractivity contribution in [1.29, 1.82) is 0 Å². The maximum Gasteiger partial charge on any atom is 0.266 e. The summed E-state index contributed by atoms with van der Waals surface area (Å²) in [4.78, 5) is 30.7. The van der Waals surface area contributed by atoms with Crippen LogP contribution in [0.4, 0.5) is 5.82 Å². The summed E-state index contributed by atoms with van der Waals surface area (Å²) in [6.45, 7) is 0.520. The summed E-state index contributed by atoms with van der Waals surface area (Å²) in [5.74, 6) is 0.556. The van der Waals surface area contributed by atoms with E-state index < -0.39 is 0 Å². The Kier molecular flexibility index (Phi) is 4.71. The second-order valence-corrected chi connectivity index (χ2v) is 4.29. The van der Waals surface area contributed by atoms with Gasteiger partial charge in [-0.25, -0.2) is 4.98 Å². The molecule has 2 N–H and O–H groups in total. The van der Waals surface area contributed by atoms with Gasteiger partial charge in [0.2, 0.25) is 5.91 Å². The van der Waals surface area contributed by atoms with Crippen molar-refractivity contribution in [1.82, 2.24) is 15.3 Å². The molecular weight excluding hydrogens is 323 g/mol. The zero-order valence-corrected chi connectivity index (χ0v) is 11.2. The lowest BCUT2D eigenvalue weighted by Crippen LogP contribution is -2.29. The minimum atomic E-state index is -0.169. The summed E-state index contributed by atoms with van der Waals surface area (Å²) in [6, 6.07) is 0. The maximum absolute atomic E-state index is 11.3. The Balaban J connectivity index is 2.73. The Morgan fingerprint density at radius 3 is 3.00 bits per heavy atom. The topological polar surface area (TPSA) is 78.1 Å². The summed E-state index contributed by atoms with van der Waals surface area (Å²) in [5, 5.41) is 2.54. The molecule has 0 saturated carbocycles. The molecule has 0 spiro atoms. The van der Waals surface area contributed by atoms with Crippen molar-refractivity contribution in [2.24, 2.45) is 0 Å². The number of carbonyl (C=O) groups is 1. The molecule has 6 nitrogen and oxygen atoms in total. The van der Waals surface area contributed by atoms with Gasteiger partial charge in [0.15, 0.2) is 0 Å². The molecule has 7 heteroatoms. The quantitative estimate of drug-likeness (QED) is 0.756. The van der Waals surface area contributed by atoms with Gasteiger partial charge in [-0.2, -0.15) is 0 Å². The fourth-order valence-corrected chi connectivity index (χ4v) is 1.85. The number of carbonyl (C=O) groups excluding carboxylic acids is 1. The first-order valence-corrected chi connectivity index (χ1v) is 5.79. The van der Waals surface area contributed by atoms with Crippen molar-refractivity contribution in [2.45, 2.75) is 6.42 Å². The Morgan fingerprint density at radius 2 is 2.38 bits per heavy atom. The summed E-state index contributed by atoms with van der Waals surface area (Å²) in [7, 11) is 3.39. The van der Waals surface area contributed by atoms with Gasteiger partial charge in [-0.1, -0.05) is 0 Å². The van der Waals surface area contributed by atoms with Crippen LogP contribution in [0.25, 0.3) is 0 Å². The van der Waals surface area contributed by atoms with Crippen molar-refractivity contribution in [2.75, 3.05) is 25.5 Å². The number of halogens is 1. The van der Waals surface area contributed by atoms with Crippen LogP contribution < -0.4 is 15.8 Å². The summed E-state index contributed by atoms with van der Waals surface area (Å²) in [5.41, 5.74) is -0.169. The fourth-order valence-electron chi connectivity index (χ4n) is 1.14. The number of anilines is 1. The minimum Gasteiger partial charge on any atom is -0.359 e. The fraction of sp³-hybridized carbons (Fsp3) is 0.444. The number of H-pyrrole nitrogens is 1. The van der Waals surface area contributed by atoms with Crippen LogP contribution in [0.15, 0.2) is 11.1 Å². The molecule has 0 bridgehead atoms. The molecule has 0 fully saturated rings. The van der Waals surface area contributed by atoms with E-state index in [1.54, 1.807) is 19.0 Å². The third-order valence-electron chi connectivity index (χ3n) is 2.09. The molecule has 0 saturated heterocycles. The van der Waals surface area contributed by atoms with Gasteiger partial charge >= 0.3 is 0 Å². The predicted molar refractivity (Wildman–Crippen MR) is 69.5 cm³/mol. The summed E-state index contributed by atoms with van der Waals surface area (Å²) < 4.78 is 0.527. The summed E-state index contributed by atoms with van der Waals surface area (Å²) in [6.07, 6.45) is 1.73. The molecular formula is C9H13IN4O2. The van der Waals surface area contributed by atoms with E-state index in [2.05, 4.69) is 15.3 Å². The molecule has 0 unspecified atom stereocenters. The Labute approximate surface area is 107 Å². The Morgan fingerprint density at radius 1 is 1.69 bits per heavy atom. The predicted octanol–water partition coefficient (Wildman–Crippen LogP) is -0.0532. The van der Waals surface area contributed by atoms with Crippen LogP contribution in [0.1, 0.15) is 6.42 Å². The SMILES string of the molecule is CNC(=O)CCN(C)c1nc[nH]c(=O)c1I. The Hall–Kier alpha value is -1.12. The van der Waals surface area contributed by atoms with E-state index in [-0.39, 0.29) is 11.5 Å². The van der Waals surface area contributed by atoms with Gasteiger partial charge in [-0.15, -0.1) is 0 Å². The van der Waals surface area contributed by atoms with Crippen molar-refractivity contribution < 1.29 is 4.79 Å². The number of rotatable bonds is 4. The first kappa shape index (κ1) is 12.9. The average Bonchev–Trinajstić information content (AvgIpc) is 2.29. The number of hydrogen-bond acceptors (Lipinski definition) is 4. The lowest BCUT2D eigenvalue weighted by atomic mass is 10.3. The lowest BCUT2D eigenvalue weighted by Gasteiger charge is -2.18. The van der Waals surface area contributed by atoms with Crippen molar-refractivity contribution in [3.8, 4) is 0 Å². The van der Waals surface area contributed by atoms with Crippen LogP contribution in [0.2, 0.25) is 0 Å². The van der Waals surface area contributed by atoms with Gasteiger partial charge in [0.1, 0.15) is 9.39 Å². The molecule has 16 heavy (non-hydrogen) atoms. The second-order valence-electron chi connectivity index (χ2n) is 3.21. The van der Waals surface area contributed by atoms with Gasteiger partial charge in [0.25, 0.3) is 5.56 Å². The molecule has 0 atom stereocenters. The molecule has 1 heterocycles. The molecule has 0 aliphatic heterocycles. The third kappa shape index (κ3) is 3.19. The molecule has 1 rings (SSSR count). The largest absolute Gasteiger partial charge is 0.359 e. The van der Waals surface area contributed by atoms with E-state index in [4.69, 9.17) is 0 Å².